The van der Waals surface area contributed by atoms with E-state index >= 15 is 0 Å². The van der Waals surface area contributed by atoms with Crippen molar-refractivity contribution < 1.29 is 24.5 Å². The molecule has 0 fully saturated rings. The van der Waals surface area contributed by atoms with Crippen molar-refractivity contribution in [1.82, 2.24) is 5.32 Å². The van der Waals surface area contributed by atoms with E-state index in [4.69, 9.17) is 4.74 Å². The molecular weight excluding hydrogens is 839 g/mol. The third-order valence-corrected chi connectivity index (χ3v) is 13.9. The lowest BCUT2D eigenvalue weighted by Crippen LogP contribution is -2.45. The number of amides is 1. The van der Waals surface area contributed by atoms with Crippen LogP contribution in [0, 0.1) is 0 Å². The summed E-state index contributed by atoms with van der Waals surface area (Å²) < 4.78 is 5.48. The molecule has 0 aromatic heterocycles. The van der Waals surface area contributed by atoms with Crippen molar-refractivity contribution >= 4 is 11.9 Å². The molecule has 0 spiro atoms. The highest BCUT2D eigenvalue weighted by Gasteiger charge is 2.18. The summed E-state index contributed by atoms with van der Waals surface area (Å²) in [6, 6.07) is -0.629. The summed E-state index contributed by atoms with van der Waals surface area (Å²) in [5, 5.41) is 23.1. The second-order valence-corrected chi connectivity index (χ2v) is 20.7. The Hall–Kier alpha value is -1.92. The molecule has 2 atom stereocenters. The van der Waals surface area contributed by atoms with Crippen molar-refractivity contribution in [3.63, 3.8) is 0 Å². The first-order chi connectivity index (χ1) is 33.5. The van der Waals surface area contributed by atoms with E-state index in [1.165, 1.54) is 244 Å². The molecule has 6 heteroatoms. The maximum absolute atomic E-state index is 12.5. The lowest BCUT2D eigenvalue weighted by atomic mass is 10.0. The number of esters is 1. The summed E-state index contributed by atoms with van der Waals surface area (Å²) in [6.07, 6.45) is 71.7. The van der Waals surface area contributed by atoms with Gasteiger partial charge in [-0.25, -0.2) is 0 Å². The molecule has 0 aliphatic rings. The van der Waals surface area contributed by atoms with Gasteiger partial charge in [0.15, 0.2) is 0 Å². The van der Waals surface area contributed by atoms with E-state index in [-0.39, 0.29) is 18.5 Å². The van der Waals surface area contributed by atoms with Crippen LogP contribution in [-0.2, 0) is 14.3 Å². The molecule has 2 unspecified atom stereocenters. The lowest BCUT2D eigenvalue weighted by molar-refractivity contribution is -0.143. The first kappa shape index (κ1) is 66.1. The predicted octanol–water partition coefficient (Wildman–Crippen LogP) is 18.8. The number of ether oxygens (including phenoxy) is 1. The number of hydrogen-bond acceptors (Lipinski definition) is 5. The van der Waals surface area contributed by atoms with Gasteiger partial charge in [-0.3, -0.25) is 9.59 Å². The molecule has 0 aliphatic carbocycles. The van der Waals surface area contributed by atoms with Crippen LogP contribution in [0.25, 0.3) is 0 Å². The molecule has 68 heavy (non-hydrogen) atoms. The van der Waals surface area contributed by atoms with Gasteiger partial charge in [-0.2, -0.15) is 0 Å². The van der Waals surface area contributed by atoms with Crippen LogP contribution in [0.1, 0.15) is 322 Å². The Bertz CT molecular complexity index is 1100. The van der Waals surface area contributed by atoms with Crippen molar-refractivity contribution in [3.05, 3.63) is 36.5 Å². The predicted molar refractivity (Wildman–Crippen MR) is 296 cm³/mol. The Morgan fingerprint density at radius 2 is 0.735 bits per heavy atom. The SMILES string of the molecule is CCCCC/C=C\C/C=C\CCCCCCCC(=O)OCCCCCCCCCCCCCCCCCCCCCCCC(=O)NC(CO)C(O)/C=C/CCCCCCCCCCCCCCC. The fourth-order valence-corrected chi connectivity index (χ4v) is 9.25. The first-order valence-corrected chi connectivity index (χ1v) is 30.3. The van der Waals surface area contributed by atoms with Gasteiger partial charge in [-0.05, 0) is 64.2 Å². The van der Waals surface area contributed by atoms with Gasteiger partial charge >= 0.3 is 5.97 Å². The van der Waals surface area contributed by atoms with Crippen LogP contribution in [0.4, 0.5) is 0 Å². The normalized spacial score (nSPS) is 12.8. The van der Waals surface area contributed by atoms with Gasteiger partial charge in [0.25, 0.3) is 0 Å². The monoisotopic (exact) mass is 956 g/mol. The zero-order valence-corrected chi connectivity index (χ0v) is 45.6. The molecule has 3 N–H and O–H groups in total. The van der Waals surface area contributed by atoms with Crippen LogP contribution in [0.3, 0.4) is 0 Å². The van der Waals surface area contributed by atoms with Gasteiger partial charge in [0.2, 0.25) is 5.91 Å². The Balaban J connectivity index is 3.41. The van der Waals surface area contributed by atoms with Crippen molar-refractivity contribution in [2.75, 3.05) is 13.2 Å². The Morgan fingerprint density at radius 1 is 0.412 bits per heavy atom. The molecule has 0 saturated carbocycles. The van der Waals surface area contributed by atoms with Crippen molar-refractivity contribution in [3.8, 4) is 0 Å². The topological polar surface area (TPSA) is 95.9 Å². The number of allylic oxidation sites excluding steroid dienone is 5. The number of aliphatic hydroxyl groups is 2. The fraction of sp³-hybridized carbons (Fsp3) is 0.871. The molecule has 0 radical (unpaired) electrons. The molecule has 1 amide bonds. The molecule has 0 aromatic rings. The maximum Gasteiger partial charge on any atom is 0.305 e. The number of nitrogens with one attached hydrogen (secondary N) is 1. The van der Waals surface area contributed by atoms with Crippen molar-refractivity contribution in [2.24, 2.45) is 0 Å². The van der Waals surface area contributed by atoms with Crippen LogP contribution >= 0.6 is 0 Å². The van der Waals surface area contributed by atoms with Gasteiger partial charge in [0, 0.05) is 12.8 Å². The molecule has 400 valence electrons. The summed E-state index contributed by atoms with van der Waals surface area (Å²) in [5.41, 5.74) is 0. The standard InChI is InChI=1S/C62H117NO5/c1-3-5-7-9-11-13-15-17-26-30-34-38-42-46-50-54-60(65)59(58-64)63-61(66)55-51-47-43-39-35-31-28-24-22-20-19-21-23-25-29-33-37-41-45-49-53-57-68-62(67)56-52-48-44-40-36-32-27-18-16-14-12-10-8-6-4-2/h12,14,18,27,50,54,59-60,64-65H,3-11,13,15-17,19-26,28-49,51-53,55-58H2,1-2H3,(H,63,66)/b14-12-,27-18-,54-50+. The number of carbonyl (C=O) groups excluding carboxylic acids is 2. The third kappa shape index (κ3) is 53.4. The Morgan fingerprint density at radius 3 is 1.15 bits per heavy atom. The minimum absolute atomic E-state index is 0.00269. The highest BCUT2D eigenvalue weighted by Crippen LogP contribution is 2.17. The van der Waals surface area contributed by atoms with E-state index in [1.54, 1.807) is 6.08 Å². The van der Waals surface area contributed by atoms with Gasteiger partial charge in [0.1, 0.15) is 0 Å². The van der Waals surface area contributed by atoms with Crippen LogP contribution in [0.15, 0.2) is 36.5 Å². The van der Waals surface area contributed by atoms with E-state index < -0.39 is 12.1 Å². The van der Waals surface area contributed by atoms with E-state index in [9.17, 15) is 19.8 Å². The first-order valence-electron chi connectivity index (χ1n) is 30.3. The fourth-order valence-electron chi connectivity index (χ4n) is 9.25. The third-order valence-electron chi connectivity index (χ3n) is 13.9. The van der Waals surface area contributed by atoms with E-state index in [2.05, 4.69) is 43.5 Å². The highest BCUT2D eigenvalue weighted by molar-refractivity contribution is 5.76. The molecule has 0 aromatic carbocycles. The number of rotatable bonds is 56. The van der Waals surface area contributed by atoms with Crippen LogP contribution in [0.2, 0.25) is 0 Å². The van der Waals surface area contributed by atoms with E-state index in [1.807, 2.05) is 6.08 Å². The smallest absolute Gasteiger partial charge is 0.305 e. The number of unbranched alkanes of at least 4 members (excludes halogenated alkanes) is 41. The maximum atomic E-state index is 12.5. The second-order valence-electron chi connectivity index (χ2n) is 20.7. The summed E-state index contributed by atoms with van der Waals surface area (Å²) >= 11 is 0. The van der Waals surface area contributed by atoms with Crippen molar-refractivity contribution in [2.45, 2.75) is 334 Å². The van der Waals surface area contributed by atoms with Gasteiger partial charge in [0.05, 0.1) is 25.4 Å². The minimum atomic E-state index is -0.845. The largest absolute Gasteiger partial charge is 0.466 e. The van der Waals surface area contributed by atoms with E-state index in [0.29, 0.717) is 19.4 Å². The Kier molecular flexibility index (Phi) is 56.0. The second kappa shape index (κ2) is 57.7. The number of hydrogen-bond donors (Lipinski definition) is 3. The zero-order valence-electron chi connectivity index (χ0n) is 45.6. The van der Waals surface area contributed by atoms with Crippen LogP contribution < -0.4 is 5.32 Å². The summed E-state index contributed by atoms with van der Waals surface area (Å²) in [7, 11) is 0. The van der Waals surface area contributed by atoms with Crippen molar-refractivity contribution in [1.29, 1.82) is 0 Å². The van der Waals surface area contributed by atoms with Gasteiger partial charge in [-0.1, -0.05) is 281 Å². The lowest BCUT2D eigenvalue weighted by Gasteiger charge is -2.20. The summed E-state index contributed by atoms with van der Waals surface area (Å²) in [6.45, 7) is 4.88. The average Bonchev–Trinajstić information content (AvgIpc) is 3.34. The number of carbonyl (C=O) groups is 2. The molecule has 6 nitrogen and oxygen atoms in total. The van der Waals surface area contributed by atoms with Crippen LogP contribution in [-0.4, -0.2) is 47.4 Å². The molecule has 0 bridgehead atoms. The number of aliphatic hydroxyl groups excluding tert-OH is 2. The molecule has 0 rings (SSSR count). The molecular formula is C62H117NO5. The molecule has 0 heterocycles. The van der Waals surface area contributed by atoms with E-state index in [0.717, 1.165) is 51.4 Å². The average molecular weight is 957 g/mol. The summed E-state index contributed by atoms with van der Waals surface area (Å²) in [4.78, 5) is 24.5. The summed E-state index contributed by atoms with van der Waals surface area (Å²) in [5.74, 6) is -0.0709. The van der Waals surface area contributed by atoms with Crippen LogP contribution in [0.5, 0.6) is 0 Å². The van der Waals surface area contributed by atoms with Gasteiger partial charge < -0.3 is 20.3 Å². The quantitative estimate of drug-likeness (QED) is 0.0321. The molecule has 0 saturated heterocycles. The molecule has 0 aliphatic heterocycles. The Labute approximate surface area is 424 Å². The zero-order chi connectivity index (χ0) is 49.3. The highest BCUT2D eigenvalue weighted by atomic mass is 16.5. The van der Waals surface area contributed by atoms with Gasteiger partial charge in [-0.15, -0.1) is 0 Å². The minimum Gasteiger partial charge on any atom is -0.466 e.